The van der Waals surface area contributed by atoms with Gasteiger partial charge < -0.3 is 14.6 Å². The average molecular weight is 370 g/mol. The second-order valence-electron chi connectivity index (χ2n) is 6.04. The molecule has 0 aliphatic carbocycles. The van der Waals surface area contributed by atoms with E-state index in [-0.39, 0.29) is 12.3 Å². The monoisotopic (exact) mass is 370 g/mol. The Bertz CT molecular complexity index is 955. The van der Waals surface area contributed by atoms with E-state index in [9.17, 15) is 9.59 Å². The van der Waals surface area contributed by atoms with Gasteiger partial charge in [0.05, 0.1) is 18.6 Å². The molecule has 2 heterocycles. The van der Waals surface area contributed by atoms with Crippen molar-refractivity contribution in [3.05, 3.63) is 52.5 Å². The summed E-state index contributed by atoms with van der Waals surface area (Å²) in [6.07, 6.45) is 3.03. The van der Waals surface area contributed by atoms with E-state index in [4.69, 9.17) is 4.74 Å². The van der Waals surface area contributed by atoms with Crippen LogP contribution in [0.15, 0.2) is 36.5 Å². The second kappa shape index (κ2) is 7.74. The Morgan fingerprint density at radius 1 is 1.23 bits per heavy atom. The number of rotatable bonds is 6. The molecule has 0 aliphatic rings. The van der Waals surface area contributed by atoms with Crippen LogP contribution in [0.1, 0.15) is 34.6 Å². The van der Waals surface area contributed by atoms with E-state index < -0.39 is 5.97 Å². The number of thiophene rings is 1. The van der Waals surface area contributed by atoms with Gasteiger partial charge in [-0.3, -0.25) is 4.79 Å². The molecule has 136 valence electrons. The summed E-state index contributed by atoms with van der Waals surface area (Å²) in [6.45, 7) is 4.09. The fourth-order valence-corrected chi connectivity index (χ4v) is 3.98. The van der Waals surface area contributed by atoms with E-state index >= 15 is 0 Å². The van der Waals surface area contributed by atoms with Crippen LogP contribution in [-0.2, 0) is 29.4 Å². The predicted molar refractivity (Wildman–Crippen MR) is 105 cm³/mol. The topological polar surface area (TPSA) is 60.3 Å². The quantitative estimate of drug-likeness (QED) is 0.663. The molecule has 0 aliphatic heterocycles. The van der Waals surface area contributed by atoms with Gasteiger partial charge in [-0.25, -0.2) is 4.79 Å². The molecule has 0 spiro atoms. The highest BCUT2D eigenvalue weighted by atomic mass is 32.1. The number of carbonyl (C=O) groups excluding carboxylic acids is 2. The van der Waals surface area contributed by atoms with Crippen molar-refractivity contribution in [3.63, 3.8) is 0 Å². The van der Waals surface area contributed by atoms with Gasteiger partial charge in [0, 0.05) is 29.0 Å². The number of amides is 1. The van der Waals surface area contributed by atoms with Crippen LogP contribution in [-0.4, -0.2) is 23.1 Å². The van der Waals surface area contributed by atoms with E-state index in [1.165, 1.54) is 11.3 Å². The number of hydrogen-bond acceptors (Lipinski definition) is 4. The summed E-state index contributed by atoms with van der Waals surface area (Å²) in [7, 11) is 1.97. The Labute approximate surface area is 156 Å². The Kier molecular flexibility index (Phi) is 5.42. The maximum atomic E-state index is 12.6. The highest BCUT2D eigenvalue weighted by molar-refractivity contribution is 7.16. The minimum absolute atomic E-state index is 0.142. The third-order valence-corrected chi connectivity index (χ3v) is 5.41. The largest absolute Gasteiger partial charge is 0.462 e. The van der Waals surface area contributed by atoms with E-state index in [0.29, 0.717) is 17.2 Å². The molecular formula is C20H22N2O3S. The molecule has 0 bridgehead atoms. The third kappa shape index (κ3) is 3.65. The molecule has 3 aromatic rings. The van der Waals surface area contributed by atoms with Crippen molar-refractivity contribution in [2.75, 3.05) is 11.9 Å². The highest BCUT2D eigenvalue weighted by Gasteiger charge is 2.19. The van der Waals surface area contributed by atoms with Gasteiger partial charge in [0.15, 0.2) is 0 Å². The summed E-state index contributed by atoms with van der Waals surface area (Å²) in [4.78, 5) is 25.8. The van der Waals surface area contributed by atoms with Crippen molar-refractivity contribution in [1.29, 1.82) is 0 Å². The van der Waals surface area contributed by atoms with Gasteiger partial charge in [0.2, 0.25) is 5.91 Å². The van der Waals surface area contributed by atoms with Crippen molar-refractivity contribution < 1.29 is 14.3 Å². The van der Waals surface area contributed by atoms with Gasteiger partial charge >= 0.3 is 5.97 Å². The number of hydrogen-bond donors (Lipinski definition) is 1. The number of aryl methyl sites for hydroxylation is 2. The molecule has 1 amide bonds. The number of carbonyl (C=O) groups is 2. The van der Waals surface area contributed by atoms with Crippen molar-refractivity contribution in [2.24, 2.45) is 7.05 Å². The number of benzene rings is 1. The SMILES string of the molecule is CCOC(=O)c1cc(CC)sc1NC(=O)Cc1cn(C)c2ccccc12. The molecule has 2 aromatic heterocycles. The molecule has 1 aromatic carbocycles. The van der Waals surface area contributed by atoms with Crippen molar-refractivity contribution in [2.45, 2.75) is 26.7 Å². The lowest BCUT2D eigenvalue weighted by atomic mass is 10.1. The molecule has 0 unspecified atom stereocenters. The number of aromatic nitrogens is 1. The Balaban J connectivity index is 1.81. The highest BCUT2D eigenvalue weighted by Crippen LogP contribution is 2.30. The molecule has 26 heavy (non-hydrogen) atoms. The fraction of sp³-hybridized carbons (Fsp3) is 0.300. The molecular weight excluding hydrogens is 348 g/mol. The molecule has 0 radical (unpaired) electrons. The summed E-state index contributed by atoms with van der Waals surface area (Å²) in [5.41, 5.74) is 2.48. The summed E-state index contributed by atoms with van der Waals surface area (Å²) >= 11 is 1.42. The molecule has 1 N–H and O–H groups in total. The number of anilines is 1. The van der Waals surface area contributed by atoms with E-state index in [2.05, 4.69) is 5.32 Å². The number of fused-ring (bicyclic) bond motifs is 1. The normalized spacial score (nSPS) is 10.9. The standard InChI is InChI=1S/C20H22N2O3S/c1-4-14-11-16(20(24)25-5-2)19(26-14)21-18(23)10-13-12-22(3)17-9-7-6-8-15(13)17/h6-9,11-12H,4-5,10H2,1-3H3,(H,21,23). The first-order valence-electron chi connectivity index (χ1n) is 8.66. The molecule has 3 rings (SSSR count). The van der Waals surface area contributed by atoms with Gasteiger partial charge in [-0.1, -0.05) is 25.1 Å². The predicted octanol–water partition coefficient (Wildman–Crippen LogP) is 4.16. The molecule has 0 fully saturated rings. The number of ether oxygens (including phenoxy) is 1. The van der Waals surface area contributed by atoms with E-state index in [0.717, 1.165) is 27.8 Å². The molecule has 0 saturated carbocycles. The van der Waals surface area contributed by atoms with Gasteiger partial charge in [-0.05, 0) is 31.0 Å². The lowest BCUT2D eigenvalue weighted by Gasteiger charge is -2.06. The number of esters is 1. The first-order chi connectivity index (χ1) is 12.5. The van der Waals surface area contributed by atoms with Gasteiger partial charge in [-0.2, -0.15) is 0 Å². The maximum absolute atomic E-state index is 12.6. The average Bonchev–Trinajstić information content (AvgIpc) is 3.17. The summed E-state index contributed by atoms with van der Waals surface area (Å²) in [5, 5.41) is 4.52. The smallest absolute Gasteiger partial charge is 0.341 e. The van der Waals surface area contributed by atoms with Gasteiger partial charge in [0.25, 0.3) is 0 Å². The van der Waals surface area contributed by atoms with Crippen LogP contribution < -0.4 is 5.32 Å². The number of para-hydroxylation sites is 1. The lowest BCUT2D eigenvalue weighted by Crippen LogP contribution is -2.16. The van der Waals surface area contributed by atoms with Crippen LogP contribution in [0.2, 0.25) is 0 Å². The minimum atomic E-state index is -0.399. The molecule has 6 heteroatoms. The van der Waals surface area contributed by atoms with Crippen molar-refractivity contribution in [1.82, 2.24) is 4.57 Å². The zero-order valence-corrected chi connectivity index (χ0v) is 16.0. The Hall–Kier alpha value is -2.60. The third-order valence-electron chi connectivity index (χ3n) is 4.21. The first kappa shape index (κ1) is 18.2. The number of nitrogens with zero attached hydrogens (tertiary/aromatic N) is 1. The second-order valence-corrected chi connectivity index (χ2v) is 7.17. The summed E-state index contributed by atoms with van der Waals surface area (Å²) in [6, 6.07) is 9.80. The van der Waals surface area contributed by atoms with Crippen LogP contribution >= 0.6 is 11.3 Å². The summed E-state index contributed by atoms with van der Waals surface area (Å²) < 4.78 is 7.12. The zero-order valence-electron chi connectivity index (χ0n) is 15.2. The van der Waals surface area contributed by atoms with E-state index in [1.807, 2.05) is 49.0 Å². The number of nitrogens with one attached hydrogen (secondary N) is 1. The van der Waals surface area contributed by atoms with Gasteiger partial charge in [0.1, 0.15) is 5.00 Å². The maximum Gasteiger partial charge on any atom is 0.341 e. The summed E-state index contributed by atoms with van der Waals surface area (Å²) in [5.74, 6) is -0.541. The van der Waals surface area contributed by atoms with Crippen LogP contribution in [0.4, 0.5) is 5.00 Å². The zero-order chi connectivity index (χ0) is 18.7. The van der Waals surface area contributed by atoms with Crippen molar-refractivity contribution in [3.8, 4) is 0 Å². The fourth-order valence-electron chi connectivity index (χ4n) is 2.98. The van der Waals surface area contributed by atoms with Crippen LogP contribution in [0.5, 0.6) is 0 Å². The van der Waals surface area contributed by atoms with Crippen LogP contribution in [0.3, 0.4) is 0 Å². The van der Waals surface area contributed by atoms with Crippen LogP contribution in [0.25, 0.3) is 10.9 Å². The Morgan fingerprint density at radius 3 is 2.73 bits per heavy atom. The van der Waals surface area contributed by atoms with Crippen LogP contribution in [0, 0.1) is 0 Å². The van der Waals surface area contributed by atoms with Gasteiger partial charge in [-0.15, -0.1) is 11.3 Å². The molecule has 0 atom stereocenters. The minimum Gasteiger partial charge on any atom is -0.462 e. The lowest BCUT2D eigenvalue weighted by molar-refractivity contribution is -0.115. The van der Waals surface area contributed by atoms with Crippen molar-refractivity contribution >= 4 is 39.1 Å². The molecule has 0 saturated heterocycles. The molecule has 5 nitrogen and oxygen atoms in total. The van der Waals surface area contributed by atoms with E-state index in [1.54, 1.807) is 13.0 Å². The Morgan fingerprint density at radius 2 is 2.00 bits per heavy atom. The first-order valence-corrected chi connectivity index (χ1v) is 9.47.